The second kappa shape index (κ2) is 8.28. The number of furan rings is 1. The van der Waals surface area contributed by atoms with Gasteiger partial charge in [0.2, 0.25) is 11.8 Å². The lowest BCUT2D eigenvalue weighted by Crippen LogP contribution is -2.60. The van der Waals surface area contributed by atoms with Gasteiger partial charge in [-0.15, -0.1) is 0 Å². The van der Waals surface area contributed by atoms with Gasteiger partial charge in [-0.2, -0.15) is 0 Å². The van der Waals surface area contributed by atoms with Gasteiger partial charge in [-0.3, -0.25) is 9.59 Å². The molecular formula is C29H36N2O3. The van der Waals surface area contributed by atoms with E-state index in [1.54, 1.807) is 6.26 Å². The molecule has 1 aliphatic heterocycles. The summed E-state index contributed by atoms with van der Waals surface area (Å²) >= 11 is 0. The molecule has 4 aliphatic carbocycles. The number of likely N-dealkylation sites (tertiary alicyclic amines) is 1. The van der Waals surface area contributed by atoms with Crippen molar-refractivity contribution in [2.45, 2.75) is 70.3 Å². The van der Waals surface area contributed by atoms with E-state index in [0.717, 1.165) is 37.9 Å². The number of amides is 2. The van der Waals surface area contributed by atoms with E-state index in [0.29, 0.717) is 37.4 Å². The van der Waals surface area contributed by atoms with E-state index in [-0.39, 0.29) is 22.7 Å². The summed E-state index contributed by atoms with van der Waals surface area (Å²) in [5, 5.41) is 3.00. The number of carbonyl (C=O) groups excluding carboxylic acids is 2. The van der Waals surface area contributed by atoms with Crippen molar-refractivity contribution in [2.24, 2.45) is 23.2 Å². The number of hydrogen-bond donors (Lipinski definition) is 1. The van der Waals surface area contributed by atoms with Crippen LogP contribution in [0.25, 0.3) is 0 Å². The van der Waals surface area contributed by atoms with Crippen LogP contribution in [0.15, 0.2) is 47.1 Å². The van der Waals surface area contributed by atoms with Crippen LogP contribution in [0.5, 0.6) is 0 Å². The Hall–Kier alpha value is -2.56. The molecule has 1 N–H and O–H groups in total. The predicted molar refractivity (Wildman–Crippen MR) is 130 cm³/mol. The highest BCUT2D eigenvalue weighted by atomic mass is 16.3. The Labute approximate surface area is 202 Å². The van der Waals surface area contributed by atoms with Crippen molar-refractivity contribution in [3.63, 3.8) is 0 Å². The third-order valence-corrected chi connectivity index (χ3v) is 9.35. The van der Waals surface area contributed by atoms with Gasteiger partial charge < -0.3 is 14.6 Å². The van der Waals surface area contributed by atoms with Gasteiger partial charge in [0.15, 0.2) is 0 Å². The van der Waals surface area contributed by atoms with Crippen molar-refractivity contribution < 1.29 is 14.0 Å². The van der Waals surface area contributed by atoms with Crippen molar-refractivity contribution in [1.82, 2.24) is 10.2 Å². The fraction of sp³-hybridized carbons (Fsp3) is 0.586. The molecule has 5 heteroatoms. The highest BCUT2D eigenvalue weighted by Gasteiger charge is 2.61. The molecule has 2 aromatic rings. The Morgan fingerprint density at radius 2 is 1.74 bits per heavy atom. The summed E-state index contributed by atoms with van der Waals surface area (Å²) in [6, 6.07) is 12.8. The molecule has 2 unspecified atom stereocenters. The lowest BCUT2D eigenvalue weighted by atomic mass is 9.42. The average molecular weight is 461 g/mol. The molecule has 4 saturated carbocycles. The minimum Gasteiger partial charge on any atom is -0.467 e. The molecule has 5 nitrogen and oxygen atoms in total. The van der Waals surface area contributed by atoms with E-state index in [1.807, 2.05) is 12.1 Å². The summed E-state index contributed by atoms with van der Waals surface area (Å²) in [4.78, 5) is 28.8. The van der Waals surface area contributed by atoms with Crippen LogP contribution in [0.1, 0.15) is 68.3 Å². The van der Waals surface area contributed by atoms with Gasteiger partial charge in [-0.25, -0.2) is 0 Å². The van der Waals surface area contributed by atoms with Crippen molar-refractivity contribution in [1.29, 1.82) is 0 Å². The molecule has 1 aromatic carbocycles. The number of piperidine rings is 1. The molecule has 180 valence electrons. The number of rotatable bonds is 5. The van der Waals surface area contributed by atoms with Crippen LogP contribution in [0.2, 0.25) is 0 Å². The quantitative estimate of drug-likeness (QED) is 0.684. The third kappa shape index (κ3) is 3.77. The van der Waals surface area contributed by atoms with Gasteiger partial charge in [0.1, 0.15) is 5.76 Å². The van der Waals surface area contributed by atoms with E-state index in [1.165, 1.54) is 30.4 Å². The van der Waals surface area contributed by atoms with Crippen LogP contribution in [-0.4, -0.2) is 29.8 Å². The lowest BCUT2D eigenvalue weighted by Gasteiger charge is -2.62. The van der Waals surface area contributed by atoms with E-state index in [2.05, 4.69) is 41.4 Å². The fourth-order valence-electron chi connectivity index (χ4n) is 8.17. The monoisotopic (exact) mass is 460 g/mol. The van der Waals surface area contributed by atoms with E-state index < -0.39 is 0 Å². The Morgan fingerprint density at radius 1 is 1.03 bits per heavy atom. The maximum Gasteiger partial charge on any atom is 0.228 e. The predicted octanol–water partition coefficient (Wildman–Crippen LogP) is 4.98. The molecular weight excluding hydrogens is 424 g/mol. The van der Waals surface area contributed by atoms with E-state index in [4.69, 9.17) is 4.42 Å². The number of nitrogens with one attached hydrogen (secondary N) is 1. The molecule has 1 saturated heterocycles. The van der Waals surface area contributed by atoms with Crippen LogP contribution in [0.4, 0.5) is 0 Å². The van der Waals surface area contributed by atoms with Crippen LogP contribution in [0.3, 0.4) is 0 Å². The van der Waals surface area contributed by atoms with Crippen molar-refractivity contribution >= 4 is 11.8 Å². The van der Waals surface area contributed by atoms with Crippen molar-refractivity contribution in [3.8, 4) is 0 Å². The second-order valence-electron chi connectivity index (χ2n) is 11.8. The molecule has 5 aliphatic rings. The molecule has 1 aromatic heterocycles. The first-order chi connectivity index (χ1) is 16.4. The van der Waals surface area contributed by atoms with E-state index >= 15 is 0 Å². The molecule has 2 atom stereocenters. The molecule has 5 fully saturated rings. The number of aryl methyl sites for hydroxylation is 1. The number of benzene rings is 1. The summed E-state index contributed by atoms with van der Waals surface area (Å²) in [5.74, 6) is 2.57. The first kappa shape index (κ1) is 21.9. The van der Waals surface area contributed by atoms with Crippen LogP contribution in [0, 0.1) is 30.1 Å². The summed E-state index contributed by atoms with van der Waals surface area (Å²) in [6.07, 6.45) is 10.1. The topological polar surface area (TPSA) is 62.6 Å². The minimum absolute atomic E-state index is 0.0192. The lowest BCUT2D eigenvalue weighted by molar-refractivity contribution is -0.162. The Balaban J connectivity index is 1.13. The summed E-state index contributed by atoms with van der Waals surface area (Å²) in [7, 11) is 0. The first-order valence-corrected chi connectivity index (χ1v) is 13.1. The molecule has 7 rings (SSSR count). The SMILES string of the molecule is Cc1ccc(C23CC4CC(CC(C(=O)N5CCC(C(=O)NCc6ccco6)CC5)(C4)C2)C3)cc1. The normalized spacial score (nSPS) is 32.7. The van der Waals surface area contributed by atoms with Gasteiger partial charge in [0, 0.05) is 19.0 Å². The maximum absolute atomic E-state index is 14.1. The molecule has 34 heavy (non-hydrogen) atoms. The highest BCUT2D eigenvalue weighted by Crippen LogP contribution is 2.66. The van der Waals surface area contributed by atoms with Gasteiger partial charge in [0.25, 0.3) is 0 Å². The second-order valence-corrected chi connectivity index (χ2v) is 11.8. The first-order valence-electron chi connectivity index (χ1n) is 13.1. The van der Waals surface area contributed by atoms with Crippen molar-refractivity contribution in [3.05, 3.63) is 59.5 Å². The van der Waals surface area contributed by atoms with Crippen LogP contribution in [-0.2, 0) is 21.5 Å². The van der Waals surface area contributed by atoms with Gasteiger partial charge in [0.05, 0.1) is 18.2 Å². The van der Waals surface area contributed by atoms with Gasteiger partial charge >= 0.3 is 0 Å². The number of nitrogens with zero attached hydrogens (tertiary/aromatic N) is 1. The molecule has 4 bridgehead atoms. The zero-order valence-electron chi connectivity index (χ0n) is 20.2. The standard InChI is InChI=1S/C29H36N2O3/c1-20-4-6-24(7-5-20)28-14-21-13-22(15-28)17-29(16-21,19-28)27(33)31-10-8-23(9-11-31)26(32)30-18-25-3-2-12-34-25/h2-7,12,21-23H,8-11,13-19H2,1H3,(H,30,32). The molecule has 2 heterocycles. The average Bonchev–Trinajstić information content (AvgIpc) is 3.35. The zero-order chi connectivity index (χ0) is 23.3. The van der Waals surface area contributed by atoms with Crippen molar-refractivity contribution in [2.75, 3.05) is 13.1 Å². The Morgan fingerprint density at radius 3 is 2.38 bits per heavy atom. The summed E-state index contributed by atoms with van der Waals surface area (Å²) < 4.78 is 5.31. The smallest absolute Gasteiger partial charge is 0.228 e. The largest absolute Gasteiger partial charge is 0.467 e. The zero-order valence-corrected chi connectivity index (χ0v) is 20.2. The summed E-state index contributed by atoms with van der Waals surface area (Å²) in [5.41, 5.74) is 2.74. The molecule has 0 spiro atoms. The Bertz CT molecular complexity index is 1040. The van der Waals surface area contributed by atoms with Crippen LogP contribution >= 0.6 is 0 Å². The highest BCUT2D eigenvalue weighted by molar-refractivity contribution is 5.84. The van der Waals surface area contributed by atoms with E-state index in [9.17, 15) is 9.59 Å². The van der Waals surface area contributed by atoms with Gasteiger partial charge in [-0.1, -0.05) is 29.8 Å². The van der Waals surface area contributed by atoms with Crippen LogP contribution < -0.4 is 5.32 Å². The number of hydrogen-bond acceptors (Lipinski definition) is 3. The number of carbonyl (C=O) groups is 2. The third-order valence-electron chi connectivity index (χ3n) is 9.35. The minimum atomic E-state index is -0.191. The fourth-order valence-corrected chi connectivity index (χ4v) is 8.17. The van der Waals surface area contributed by atoms with Gasteiger partial charge in [-0.05, 0) is 93.2 Å². The molecule has 2 amide bonds. The summed E-state index contributed by atoms with van der Waals surface area (Å²) in [6.45, 7) is 3.98. The Kier molecular flexibility index (Phi) is 5.34. The molecule has 0 radical (unpaired) electrons. The maximum atomic E-state index is 14.1.